The topological polar surface area (TPSA) is 90.7 Å². The maximum atomic E-state index is 13.0. The Hall–Kier alpha value is -2.23. The van der Waals surface area contributed by atoms with Crippen molar-refractivity contribution in [3.05, 3.63) is 58.9 Å². The number of thiazole rings is 1. The summed E-state index contributed by atoms with van der Waals surface area (Å²) in [4.78, 5) is 29.1. The van der Waals surface area contributed by atoms with E-state index in [0.717, 1.165) is 16.9 Å². The Morgan fingerprint density at radius 1 is 1.41 bits per heavy atom. The van der Waals surface area contributed by atoms with Crippen LogP contribution in [0.2, 0.25) is 0 Å². The molecule has 1 saturated heterocycles. The highest BCUT2D eigenvalue weighted by atomic mass is 32.2. The number of amides is 1. The summed E-state index contributed by atoms with van der Waals surface area (Å²) in [5.74, 6) is -0.623. The van der Waals surface area contributed by atoms with Gasteiger partial charge in [-0.1, -0.05) is 36.0 Å². The number of aliphatic hydroxyl groups is 1. The molecule has 0 unspecified atom stereocenters. The lowest BCUT2D eigenvalue weighted by Crippen LogP contribution is -2.33. The number of nitrogens with zero attached hydrogens (tertiary/aromatic N) is 2. The lowest BCUT2D eigenvalue weighted by atomic mass is 10.1. The van der Waals surface area contributed by atoms with Gasteiger partial charge in [-0.25, -0.2) is 14.2 Å². The maximum absolute atomic E-state index is 13.0. The minimum atomic E-state index is -0.992. The molecular formula is C20H21FN2O4S2. The molecule has 2 N–H and O–H groups in total. The Balaban J connectivity index is 1.50. The summed E-state index contributed by atoms with van der Waals surface area (Å²) in [7, 11) is 0. The second-order valence-corrected chi connectivity index (χ2v) is 8.99. The van der Waals surface area contributed by atoms with Crippen molar-refractivity contribution >= 4 is 35.0 Å². The van der Waals surface area contributed by atoms with Crippen LogP contribution >= 0.6 is 23.1 Å². The van der Waals surface area contributed by atoms with E-state index in [-0.39, 0.29) is 22.6 Å². The van der Waals surface area contributed by atoms with Crippen LogP contribution in [0.4, 0.5) is 4.39 Å². The zero-order valence-electron chi connectivity index (χ0n) is 15.5. The van der Waals surface area contributed by atoms with Crippen molar-refractivity contribution in [2.24, 2.45) is 0 Å². The molecule has 0 radical (unpaired) electrons. The first-order chi connectivity index (χ1) is 13.9. The maximum Gasteiger partial charge on any atom is 0.347 e. The average molecular weight is 437 g/mol. The van der Waals surface area contributed by atoms with Crippen LogP contribution < -0.4 is 0 Å². The number of aliphatic hydroxyl groups excluding tert-OH is 1. The Bertz CT molecular complexity index is 885. The molecule has 0 aliphatic carbocycles. The summed E-state index contributed by atoms with van der Waals surface area (Å²) in [6.45, 7) is 0.522. The minimum absolute atomic E-state index is 0.0682. The number of carbonyl (C=O) groups excluding carboxylic acids is 1. The number of rotatable bonds is 9. The van der Waals surface area contributed by atoms with E-state index in [1.807, 2.05) is 6.08 Å². The van der Waals surface area contributed by atoms with Gasteiger partial charge in [0.15, 0.2) is 4.34 Å². The fourth-order valence-corrected chi connectivity index (χ4v) is 4.92. The number of thioether (sulfide) groups is 1. The Morgan fingerprint density at radius 2 is 2.17 bits per heavy atom. The smallest absolute Gasteiger partial charge is 0.347 e. The van der Waals surface area contributed by atoms with E-state index in [1.54, 1.807) is 23.1 Å². The van der Waals surface area contributed by atoms with Crippen molar-refractivity contribution in [2.75, 3.05) is 12.3 Å². The molecule has 1 aromatic heterocycles. The molecule has 2 aromatic rings. The van der Waals surface area contributed by atoms with Crippen LogP contribution in [-0.4, -0.2) is 56.4 Å². The summed E-state index contributed by atoms with van der Waals surface area (Å²) in [6.07, 6.45) is 5.71. The molecular weight excluding hydrogens is 415 g/mol. The van der Waals surface area contributed by atoms with Crippen molar-refractivity contribution in [3.63, 3.8) is 0 Å². The van der Waals surface area contributed by atoms with Gasteiger partial charge in [-0.3, -0.25) is 4.79 Å². The second kappa shape index (κ2) is 10.00. The molecule has 3 rings (SSSR count). The zero-order chi connectivity index (χ0) is 20.8. The standard InChI is InChI=1S/C20H21FN2O4S2/c21-14-3-1-13(2-4-14)11-16(24)7-5-15-6-8-18(25)23(15)9-10-28-20-22-12-17(29-20)19(26)27/h1-5,7,12,15-16,24H,6,8-11H2,(H,26,27)/t15-,16+/m0/s1. The van der Waals surface area contributed by atoms with Gasteiger partial charge >= 0.3 is 5.97 Å². The summed E-state index contributed by atoms with van der Waals surface area (Å²) in [6, 6.07) is 5.94. The number of aromatic nitrogens is 1. The first kappa shape index (κ1) is 21.5. The third-order valence-electron chi connectivity index (χ3n) is 4.54. The second-order valence-electron chi connectivity index (χ2n) is 6.62. The highest BCUT2D eigenvalue weighted by molar-refractivity contribution is 8.01. The van der Waals surface area contributed by atoms with Gasteiger partial charge in [0.25, 0.3) is 0 Å². The van der Waals surface area contributed by atoms with E-state index >= 15 is 0 Å². The van der Waals surface area contributed by atoms with Crippen molar-refractivity contribution in [2.45, 2.75) is 35.7 Å². The van der Waals surface area contributed by atoms with E-state index in [0.29, 0.717) is 35.9 Å². The highest BCUT2D eigenvalue weighted by Crippen LogP contribution is 2.26. The van der Waals surface area contributed by atoms with Gasteiger partial charge in [-0.15, -0.1) is 11.3 Å². The molecule has 9 heteroatoms. The number of hydrogen-bond donors (Lipinski definition) is 2. The molecule has 0 saturated carbocycles. The molecule has 6 nitrogen and oxygen atoms in total. The zero-order valence-corrected chi connectivity index (χ0v) is 17.2. The quantitative estimate of drug-likeness (QED) is 0.463. The van der Waals surface area contributed by atoms with Gasteiger partial charge in [0.2, 0.25) is 5.91 Å². The molecule has 0 spiro atoms. The van der Waals surface area contributed by atoms with Gasteiger partial charge in [-0.05, 0) is 24.1 Å². The normalized spacial score (nSPS) is 17.9. The third kappa shape index (κ3) is 6.12. The first-order valence-corrected chi connectivity index (χ1v) is 10.9. The van der Waals surface area contributed by atoms with Gasteiger partial charge in [0.1, 0.15) is 10.7 Å². The van der Waals surface area contributed by atoms with Crippen LogP contribution in [0.5, 0.6) is 0 Å². The number of benzene rings is 1. The molecule has 1 aliphatic heterocycles. The van der Waals surface area contributed by atoms with Crippen LogP contribution in [-0.2, 0) is 11.2 Å². The van der Waals surface area contributed by atoms with Crippen LogP contribution in [0.15, 0.2) is 47.0 Å². The minimum Gasteiger partial charge on any atom is -0.477 e. The van der Waals surface area contributed by atoms with Crippen LogP contribution in [0.3, 0.4) is 0 Å². The number of likely N-dealkylation sites (tertiary alicyclic amines) is 1. The molecule has 29 heavy (non-hydrogen) atoms. The fraction of sp³-hybridized carbons (Fsp3) is 0.350. The van der Waals surface area contributed by atoms with Gasteiger partial charge in [0, 0.05) is 25.1 Å². The molecule has 1 amide bonds. The Labute approximate surface area is 176 Å². The summed E-state index contributed by atoms with van der Waals surface area (Å²) in [5, 5.41) is 19.2. The molecule has 1 aromatic carbocycles. The van der Waals surface area contributed by atoms with Gasteiger partial charge < -0.3 is 15.1 Å². The SMILES string of the molecule is O=C(O)c1cnc(SCCN2C(=O)CC[C@@H]2C=C[C@@H](O)Cc2ccc(F)cc2)s1. The predicted molar refractivity (Wildman–Crippen MR) is 110 cm³/mol. The average Bonchev–Trinajstić information content (AvgIpc) is 3.30. The van der Waals surface area contributed by atoms with E-state index in [1.165, 1.54) is 30.1 Å². The fourth-order valence-electron chi connectivity index (χ4n) is 3.09. The first-order valence-electron chi connectivity index (χ1n) is 9.14. The number of aromatic carboxylic acids is 1. The van der Waals surface area contributed by atoms with Crippen molar-refractivity contribution in [1.82, 2.24) is 9.88 Å². The monoisotopic (exact) mass is 436 g/mol. The lowest BCUT2D eigenvalue weighted by molar-refractivity contribution is -0.128. The van der Waals surface area contributed by atoms with Gasteiger partial charge in [-0.2, -0.15) is 0 Å². The molecule has 1 aliphatic rings. The number of hydrogen-bond acceptors (Lipinski definition) is 6. The predicted octanol–water partition coefficient (Wildman–Crippen LogP) is 3.22. The van der Waals surface area contributed by atoms with Crippen molar-refractivity contribution in [1.29, 1.82) is 0 Å². The largest absolute Gasteiger partial charge is 0.477 e. The number of carboxylic acid groups (broad SMARTS) is 1. The molecule has 2 atom stereocenters. The lowest BCUT2D eigenvalue weighted by Gasteiger charge is -2.22. The molecule has 154 valence electrons. The number of halogens is 1. The molecule has 2 heterocycles. The van der Waals surface area contributed by atoms with Crippen LogP contribution in [0, 0.1) is 5.82 Å². The summed E-state index contributed by atoms with van der Waals surface area (Å²) >= 11 is 2.54. The van der Waals surface area contributed by atoms with E-state index < -0.39 is 12.1 Å². The van der Waals surface area contributed by atoms with Crippen molar-refractivity contribution < 1.29 is 24.2 Å². The summed E-state index contributed by atoms with van der Waals surface area (Å²) < 4.78 is 13.6. The van der Waals surface area contributed by atoms with E-state index in [9.17, 15) is 19.1 Å². The molecule has 1 fully saturated rings. The highest BCUT2D eigenvalue weighted by Gasteiger charge is 2.28. The summed E-state index contributed by atoms with van der Waals surface area (Å²) in [5.41, 5.74) is 0.837. The van der Waals surface area contributed by atoms with E-state index in [2.05, 4.69) is 4.98 Å². The Morgan fingerprint density at radius 3 is 2.86 bits per heavy atom. The Kier molecular flexibility index (Phi) is 7.40. The van der Waals surface area contributed by atoms with Gasteiger partial charge in [0.05, 0.1) is 18.3 Å². The number of carboxylic acids is 1. The van der Waals surface area contributed by atoms with Crippen molar-refractivity contribution in [3.8, 4) is 0 Å². The van der Waals surface area contributed by atoms with Crippen LogP contribution in [0.25, 0.3) is 0 Å². The van der Waals surface area contributed by atoms with Crippen LogP contribution in [0.1, 0.15) is 28.1 Å². The third-order valence-corrected chi connectivity index (χ3v) is 6.66. The number of carbonyl (C=O) groups is 2. The van der Waals surface area contributed by atoms with E-state index in [4.69, 9.17) is 5.11 Å². The molecule has 0 bridgehead atoms.